The van der Waals surface area contributed by atoms with E-state index in [0.717, 1.165) is 0 Å². The molecule has 0 unspecified atom stereocenters. The molecule has 1 aliphatic heterocycles. The van der Waals surface area contributed by atoms with E-state index in [1.165, 1.54) is 0 Å². The molecule has 0 spiro atoms. The van der Waals surface area contributed by atoms with Gasteiger partial charge in [0.2, 0.25) is 0 Å². The zero-order valence-electron chi connectivity index (χ0n) is 7.48. The predicted molar refractivity (Wildman–Crippen MR) is 45.6 cm³/mol. The highest BCUT2D eigenvalue weighted by Gasteiger charge is 2.27. The van der Waals surface area contributed by atoms with Gasteiger partial charge in [0.1, 0.15) is 17.5 Å². The average molecular weight is 216 g/mol. The van der Waals surface area contributed by atoms with Crippen molar-refractivity contribution < 1.29 is 18.0 Å². The van der Waals surface area contributed by atoms with E-state index >= 15 is 0 Å². The van der Waals surface area contributed by atoms with Crippen LogP contribution in [0.5, 0.6) is 0 Å². The summed E-state index contributed by atoms with van der Waals surface area (Å²) in [6.07, 6.45) is 0. The van der Waals surface area contributed by atoms with Crippen LogP contribution in [0.25, 0.3) is 0 Å². The fourth-order valence-corrected chi connectivity index (χ4v) is 1.52. The van der Waals surface area contributed by atoms with E-state index in [1.807, 2.05) is 0 Å². The minimum atomic E-state index is -0.999. The third-order valence-corrected chi connectivity index (χ3v) is 2.16. The van der Waals surface area contributed by atoms with Crippen molar-refractivity contribution in [1.82, 2.24) is 10.6 Å². The Bertz CT molecular complexity index is 399. The number of benzene rings is 1. The third kappa shape index (κ3) is 1.74. The van der Waals surface area contributed by atoms with Crippen molar-refractivity contribution >= 4 is 6.03 Å². The fraction of sp³-hybridized carbons (Fsp3) is 0.222. The molecule has 15 heavy (non-hydrogen) atoms. The molecule has 0 bridgehead atoms. The molecule has 1 aliphatic rings. The number of rotatable bonds is 1. The van der Waals surface area contributed by atoms with Crippen LogP contribution < -0.4 is 10.6 Å². The molecule has 2 amide bonds. The van der Waals surface area contributed by atoms with E-state index < -0.39 is 29.5 Å². The normalized spacial score (nSPS) is 19.9. The lowest BCUT2D eigenvalue weighted by atomic mass is 10.1. The van der Waals surface area contributed by atoms with Gasteiger partial charge in [0.15, 0.2) is 0 Å². The summed E-state index contributed by atoms with van der Waals surface area (Å²) in [7, 11) is 0. The van der Waals surface area contributed by atoms with Crippen molar-refractivity contribution in [3.05, 3.63) is 35.1 Å². The van der Waals surface area contributed by atoms with Gasteiger partial charge in [-0.15, -0.1) is 0 Å². The van der Waals surface area contributed by atoms with Crippen LogP contribution in [0.2, 0.25) is 0 Å². The summed E-state index contributed by atoms with van der Waals surface area (Å²) in [5, 5.41) is 4.68. The molecule has 1 saturated heterocycles. The van der Waals surface area contributed by atoms with Crippen molar-refractivity contribution in [2.24, 2.45) is 0 Å². The van der Waals surface area contributed by atoms with Crippen LogP contribution in [0.15, 0.2) is 12.1 Å². The lowest BCUT2D eigenvalue weighted by Crippen LogP contribution is -2.22. The molecule has 0 radical (unpaired) electrons. The van der Waals surface area contributed by atoms with Crippen LogP contribution in [0.3, 0.4) is 0 Å². The first-order valence-electron chi connectivity index (χ1n) is 4.26. The van der Waals surface area contributed by atoms with Gasteiger partial charge >= 0.3 is 6.03 Å². The molecule has 3 nitrogen and oxygen atoms in total. The van der Waals surface area contributed by atoms with Gasteiger partial charge in [-0.2, -0.15) is 0 Å². The number of urea groups is 1. The highest BCUT2D eigenvalue weighted by atomic mass is 19.1. The molecule has 1 fully saturated rings. The second-order valence-corrected chi connectivity index (χ2v) is 3.19. The smallest absolute Gasteiger partial charge is 0.315 e. The van der Waals surface area contributed by atoms with Crippen molar-refractivity contribution in [3.8, 4) is 0 Å². The van der Waals surface area contributed by atoms with Crippen LogP contribution in [0.1, 0.15) is 11.6 Å². The number of carbonyl (C=O) groups is 1. The lowest BCUT2D eigenvalue weighted by molar-refractivity contribution is 0.247. The monoisotopic (exact) mass is 216 g/mol. The first kappa shape index (κ1) is 9.82. The summed E-state index contributed by atoms with van der Waals surface area (Å²) < 4.78 is 39.1. The molecular weight excluding hydrogens is 209 g/mol. The van der Waals surface area contributed by atoms with Gasteiger partial charge < -0.3 is 10.6 Å². The van der Waals surface area contributed by atoms with Crippen molar-refractivity contribution in [3.63, 3.8) is 0 Å². The van der Waals surface area contributed by atoms with Gasteiger partial charge in [-0.05, 0) is 0 Å². The Morgan fingerprint density at radius 1 is 1.20 bits per heavy atom. The van der Waals surface area contributed by atoms with Gasteiger partial charge in [0.05, 0.1) is 6.04 Å². The summed E-state index contributed by atoms with van der Waals surface area (Å²) in [4.78, 5) is 10.8. The number of halogens is 3. The standard InChI is InChI=1S/C9H7F3N2O/c10-4-1-5(11)8(6(12)2-4)7-3-13-9(15)14-7/h1-2,7H,3H2,(H2,13,14,15)/t7-/m1/s1. The SMILES string of the molecule is O=C1NC[C@H](c2c(F)cc(F)cc2F)N1. The molecule has 1 aromatic rings. The topological polar surface area (TPSA) is 41.1 Å². The Morgan fingerprint density at radius 2 is 1.80 bits per heavy atom. The lowest BCUT2D eigenvalue weighted by Gasteiger charge is -2.11. The van der Waals surface area contributed by atoms with E-state index in [9.17, 15) is 18.0 Å². The number of hydrogen-bond acceptors (Lipinski definition) is 1. The fourth-order valence-electron chi connectivity index (χ4n) is 1.52. The molecule has 0 aromatic heterocycles. The molecule has 6 heteroatoms. The van der Waals surface area contributed by atoms with Crippen LogP contribution >= 0.6 is 0 Å². The van der Waals surface area contributed by atoms with E-state index in [-0.39, 0.29) is 12.1 Å². The van der Waals surface area contributed by atoms with Crippen LogP contribution in [0.4, 0.5) is 18.0 Å². The predicted octanol–water partition coefficient (Wildman–Crippen LogP) is 1.46. The van der Waals surface area contributed by atoms with Gasteiger partial charge in [-0.3, -0.25) is 0 Å². The van der Waals surface area contributed by atoms with E-state index in [0.29, 0.717) is 12.1 Å². The molecule has 2 rings (SSSR count). The molecular formula is C9H7F3N2O. The highest BCUT2D eigenvalue weighted by Crippen LogP contribution is 2.23. The van der Waals surface area contributed by atoms with Gasteiger partial charge in [-0.25, -0.2) is 18.0 Å². The quantitative estimate of drug-likeness (QED) is 0.733. The zero-order valence-corrected chi connectivity index (χ0v) is 7.48. The molecule has 0 saturated carbocycles. The number of nitrogens with one attached hydrogen (secondary N) is 2. The summed E-state index contributed by atoms with van der Waals surface area (Å²) in [6, 6.07) is -0.118. The van der Waals surface area contributed by atoms with Crippen LogP contribution in [-0.2, 0) is 0 Å². The first-order valence-corrected chi connectivity index (χ1v) is 4.26. The number of amides is 2. The molecule has 80 valence electrons. The third-order valence-electron chi connectivity index (χ3n) is 2.16. The maximum atomic E-state index is 13.2. The van der Waals surface area contributed by atoms with E-state index in [1.54, 1.807) is 0 Å². The van der Waals surface area contributed by atoms with Crippen molar-refractivity contribution in [2.75, 3.05) is 6.54 Å². The number of hydrogen-bond donors (Lipinski definition) is 2. The Balaban J connectivity index is 2.39. The number of carbonyl (C=O) groups excluding carboxylic acids is 1. The Labute approximate surface area is 83.3 Å². The van der Waals surface area contributed by atoms with E-state index in [4.69, 9.17) is 0 Å². The summed E-state index contributed by atoms with van der Waals surface area (Å²) in [5.41, 5.74) is -0.324. The summed E-state index contributed by atoms with van der Waals surface area (Å²) in [6.45, 7) is 0.0817. The molecule has 1 aromatic carbocycles. The maximum absolute atomic E-state index is 13.2. The molecule has 2 N–H and O–H groups in total. The second kappa shape index (κ2) is 3.45. The first-order chi connectivity index (χ1) is 7.08. The molecule has 1 atom stereocenters. The maximum Gasteiger partial charge on any atom is 0.315 e. The second-order valence-electron chi connectivity index (χ2n) is 3.19. The molecule has 0 aliphatic carbocycles. The van der Waals surface area contributed by atoms with Gasteiger partial charge in [0.25, 0.3) is 0 Å². The minimum absolute atomic E-state index is 0.0817. The summed E-state index contributed by atoms with van der Waals surface area (Å²) in [5.74, 6) is -2.98. The van der Waals surface area contributed by atoms with Gasteiger partial charge in [0, 0.05) is 24.2 Å². The largest absolute Gasteiger partial charge is 0.336 e. The Kier molecular flexibility index (Phi) is 2.26. The Morgan fingerprint density at radius 3 is 2.27 bits per heavy atom. The Hall–Kier alpha value is -1.72. The molecule has 1 heterocycles. The van der Waals surface area contributed by atoms with Crippen LogP contribution in [-0.4, -0.2) is 12.6 Å². The van der Waals surface area contributed by atoms with Crippen molar-refractivity contribution in [2.45, 2.75) is 6.04 Å². The average Bonchev–Trinajstić information content (AvgIpc) is 2.49. The van der Waals surface area contributed by atoms with Crippen LogP contribution in [0, 0.1) is 17.5 Å². The van der Waals surface area contributed by atoms with E-state index in [2.05, 4.69) is 10.6 Å². The zero-order chi connectivity index (χ0) is 11.0. The van der Waals surface area contributed by atoms with Crippen molar-refractivity contribution in [1.29, 1.82) is 0 Å². The minimum Gasteiger partial charge on any atom is -0.336 e. The highest BCUT2D eigenvalue weighted by molar-refractivity contribution is 5.76. The summed E-state index contributed by atoms with van der Waals surface area (Å²) >= 11 is 0. The van der Waals surface area contributed by atoms with Gasteiger partial charge in [-0.1, -0.05) is 0 Å².